The quantitative estimate of drug-likeness (QED) is 0.914. The zero-order valence-electron chi connectivity index (χ0n) is 11.5. The molecule has 0 spiro atoms. The average molecular weight is 280 g/mol. The molecule has 2 amide bonds. The Morgan fingerprint density at radius 2 is 1.62 bits per heavy atom. The second kappa shape index (κ2) is 5.79. The van der Waals surface area contributed by atoms with Crippen LogP contribution in [0.25, 0.3) is 0 Å². The lowest BCUT2D eigenvalue weighted by Gasteiger charge is -2.33. The molecule has 1 N–H and O–H groups in total. The Bertz CT molecular complexity index is 640. The summed E-state index contributed by atoms with van der Waals surface area (Å²) < 4.78 is 0. The summed E-state index contributed by atoms with van der Waals surface area (Å²) >= 11 is 0. The van der Waals surface area contributed by atoms with Gasteiger partial charge in [-0.15, -0.1) is 0 Å². The molecule has 1 unspecified atom stereocenters. The fraction of sp³-hybridized carbons (Fsp3) is 0.176. The summed E-state index contributed by atoms with van der Waals surface area (Å²) in [7, 11) is 0. The van der Waals surface area contributed by atoms with E-state index < -0.39 is 0 Å². The third kappa shape index (κ3) is 2.94. The molecular formula is C17H16N2O2. The molecule has 4 nitrogen and oxygen atoms in total. The Kier molecular flexibility index (Phi) is 3.69. The highest BCUT2D eigenvalue weighted by Gasteiger charge is 2.29. The molecule has 3 rings (SSSR count). The first kappa shape index (κ1) is 13.4. The van der Waals surface area contributed by atoms with E-state index in [1.54, 1.807) is 17.0 Å². The molecule has 2 aromatic rings. The minimum absolute atomic E-state index is 0.105. The second-order valence-corrected chi connectivity index (χ2v) is 5.08. The Hall–Kier alpha value is -2.62. The van der Waals surface area contributed by atoms with Gasteiger partial charge in [-0.1, -0.05) is 48.5 Å². The number of carbonyl (C=O) groups excluding carboxylic acids is 2. The number of nitrogens with zero attached hydrogens (tertiary/aromatic N) is 1. The molecule has 1 aliphatic rings. The molecule has 21 heavy (non-hydrogen) atoms. The maximum Gasteiger partial charge on any atom is 0.254 e. The molecule has 0 bridgehead atoms. The highest BCUT2D eigenvalue weighted by Crippen LogP contribution is 2.19. The van der Waals surface area contributed by atoms with Gasteiger partial charge in [-0.05, 0) is 17.7 Å². The van der Waals surface area contributed by atoms with Crippen molar-refractivity contribution < 1.29 is 9.59 Å². The van der Waals surface area contributed by atoms with E-state index in [0.29, 0.717) is 12.1 Å². The van der Waals surface area contributed by atoms with E-state index in [1.807, 2.05) is 48.5 Å². The van der Waals surface area contributed by atoms with Crippen LogP contribution in [0.15, 0.2) is 60.7 Å². The van der Waals surface area contributed by atoms with Crippen molar-refractivity contribution in [2.75, 3.05) is 13.1 Å². The van der Waals surface area contributed by atoms with Gasteiger partial charge in [0, 0.05) is 12.1 Å². The molecule has 0 aliphatic carbocycles. The fourth-order valence-corrected chi connectivity index (χ4v) is 2.54. The molecule has 1 saturated heterocycles. The van der Waals surface area contributed by atoms with Gasteiger partial charge in [0.1, 0.15) is 0 Å². The van der Waals surface area contributed by atoms with E-state index in [9.17, 15) is 9.59 Å². The Morgan fingerprint density at radius 3 is 2.29 bits per heavy atom. The van der Waals surface area contributed by atoms with Gasteiger partial charge >= 0.3 is 0 Å². The van der Waals surface area contributed by atoms with Crippen molar-refractivity contribution in [3.05, 3.63) is 71.8 Å². The largest absolute Gasteiger partial charge is 0.346 e. The second-order valence-electron chi connectivity index (χ2n) is 5.08. The topological polar surface area (TPSA) is 49.4 Å². The molecule has 2 aromatic carbocycles. The van der Waals surface area contributed by atoms with Crippen LogP contribution in [-0.4, -0.2) is 29.8 Å². The van der Waals surface area contributed by atoms with Crippen molar-refractivity contribution in [1.29, 1.82) is 0 Å². The summed E-state index contributed by atoms with van der Waals surface area (Å²) in [5, 5.41) is 2.94. The van der Waals surface area contributed by atoms with Crippen molar-refractivity contribution >= 4 is 11.8 Å². The lowest BCUT2D eigenvalue weighted by Crippen LogP contribution is -2.51. The van der Waals surface area contributed by atoms with Gasteiger partial charge in [-0.3, -0.25) is 9.59 Å². The lowest BCUT2D eigenvalue weighted by atomic mass is 10.0. The van der Waals surface area contributed by atoms with Gasteiger partial charge in [-0.25, -0.2) is 0 Å². The molecule has 1 atom stereocenters. The van der Waals surface area contributed by atoms with Gasteiger partial charge in [0.2, 0.25) is 5.91 Å². The van der Waals surface area contributed by atoms with Crippen LogP contribution in [0.2, 0.25) is 0 Å². The van der Waals surface area contributed by atoms with Gasteiger partial charge in [0.05, 0.1) is 12.6 Å². The first-order valence-corrected chi connectivity index (χ1v) is 6.92. The van der Waals surface area contributed by atoms with Crippen molar-refractivity contribution in [1.82, 2.24) is 10.2 Å². The van der Waals surface area contributed by atoms with Gasteiger partial charge in [0.15, 0.2) is 0 Å². The van der Waals surface area contributed by atoms with E-state index >= 15 is 0 Å². The smallest absolute Gasteiger partial charge is 0.254 e. The highest BCUT2D eigenvalue weighted by atomic mass is 16.2. The number of hydrogen-bond donors (Lipinski definition) is 1. The molecular weight excluding hydrogens is 264 g/mol. The molecule has 1 fully saturated rings. The predicted molar refractivity (Wildman–Crippen MR) is 79.7 cm³/mol. The van der Waals surface area contributed by atoms with Crippen LogP contribution in [0.1, 0.15) is 22.0 Å². The van der Waals surface area contributed by atoms with Gasteiger partial charge in [0.25, 0.3) is 5.91 Å². The molecule has 4 heteroatoms. The van der Waals surface area contributed by atoms with Crippen LogP contribution in [0.4, 0.5) is 0 Å². The summed E-state index contributed by atoms with van der Waals surface area (Å²) in [5.41, 5.74) is 1.62. The number of rotatable bonds is 2. The first-order chi connectivity index (χ1) is 10.2. The molecule has 0 aromatic heterocycles. The third-order valence-corrected chi connectivity index (χ3v) is 3.58. The number of carbonyl (C=O) groups is 2. The van der Waals surface area contributed by atoms with Crippen LogP contribution >= 0.6 is 0 Å². The Balaban J connectivity index is 1.81. The SMILES string of the molecule is O=C1CN(C(=O)c2ccccc2)CC(c2ccccc2)N1. The van der Waals surface area contributed by atoms with Crippen molar-refractivity contribution in [2.45, 2.75) is 6.04 Å². The van der Waals surface area contributed by atoms with Crippen molar-refractivity contribution in [2.24, 2.45) is 0 Å². The zero-order valence-corrected chi connectivity index (χ0v) is 11.5. The van der Waals surface area contributed by atoms with Crippen LogP contribution in [-0.2, 0) is 4.79 Å². The Morgan fingerprint density at radius 1 is 1.00 bits per heavy atom. The van der Waals surface area contributed by atoms with E-state index in [4.69, 9.17) is 0 Å². The summed E-state index contributed by atoms with van der Waals surface area (Å²) in [4.78, 5) is 26.0. The first-order valence-electron chi connectivity index (χ1n) is 6.92. The number of nitrogens with one attached hydrogen (secondary N) is 1. The maximum atomic E-state index is 12.5. The van der Waals surface area contributed by atoms with E-state index in [2.05, 4.69) is 5.32 Å². The van der Waals surface area contributed by atoms with E-state index in [-0.39, 0.29) is 24.4 Å². The fourth-order valence-electron chi connectivity index (χ4n) is 2.54. The normalized spacial score (nSPS) is 18.2. The lowest BCUT2D eigenvalue weighted by molar-refractivity contribution is -0.124. The van der Waals surface area contributed by atoms with Crippen LogP contribution in [0.3, 0.4) is 0 Å². The van der Waals surface area contributed by atoms with Crippen LogP contribution in [0.5, 0.6) is 0 Å². The monoisotopic (exact) mass is 280 g/mol. The molecule has 1 heterocycles. The average Bonchev–Trinajstić information content (AvgIpc) is 2.55. The number of hydrogen-bond acceptors (Lipinski definition) is 2. The standard InChI is InChI=1S/C17H16N2O2/c20-16-12-19(17(21)14-9-5-2-6-10-14)11-15(18-16)13-7-3-1-4-8-13/h1-10,15H,11-12H2,(H,18,20). The minimum atomic E-state index is -0.153. The van der Waals surface area contributed by atoms with E-state index in [1.165, 1.54) is 0 Å². The summed E-state index contributed by atoms with van der Waals surface area (Å²) in [6.07, 6.45) is 0. The van der Waals surface area contributed by atoms with Crippen LogP contribution in [0, 0.1) is 0 Å². The Labute approximate surface area is 123 Å². The summed E-state index contributed by atoms with van der Waals surface area (Å²) in [5.74, 6) is -0.231. The third-order valence-electron chi connectivity index (χ3n) is 3.58. The molecule has 0 saturated carbocycles. The zero-order chi connectivity index (χ0) is 14.7. The molecule has 0 radical (unpaired) electrons. The number of amides is 2. The van der Waals surface area contributed by atoms with Crippen molar-refractivity contribution in [3.8, 4) is 0 Å². The van der Waals surface area contributed by atoms with Gasteiger partial charge < -0.3 is 10.2 Å². The summed E-state index contributed by atoms with van der Waals surface area (Å²) in [6.45, 7) is 0.598. The van der Waals surface area contributed by atoms with Crippen molar-refractivity contribution in [3.63, 3.8) is 0 Å². The molecule has 1 aliphatic heterocycles. The van der Waals surface area contributed by atoms with Crippen LogP contribution < -0.4 is 5.32 Å². The minimum Gasteiger partial charge on any atom is -0.346 e. The maximum absolute atomic E-state index is 12.5. The molecule has 106 valence electrons. The summed E-state index contributed by atoms with van der Waals surface area (Å²) in [6, 6.07) is 18.6. The predicted octanol–water partition coefficient (Wildman–Crippen LogP) is 2.00. The highest BCUT2D eigenvalue weighted by molar-refractivity contribution is 5.97. The number of piperazine rings is 1. The van der Waals surface area contributed by atoms with E-state index in [0.717, 1.165) is 5.56 Å². The van der Waals surface area contributed by atoms with Gasteiger partial charge in [-0.2, -0.15) is 0 Å². The number of benzene rings is 2.